The summed E-state index contributed by atoms with van der Waals surface area (Å²) in [4.78, 5) is 4.82. The number of pyridine rings is 1. The van der Waals surface area contributed by atoms with Gasteiger partial charge in [0.05, 0.1) is 11.5 Å². The molecule has 2 aromatic heterocycles. The Morgan fingerprint density at radius 3 is 2.15 bits per heavy atom. The second kappa shape index (κ2) is 7.14. The summed E-state index contributed by atoms with van der Waals surface area (Å²) in [6.45, 7) is 14.7. The van der Waals surface area contributed by atoms with Crippen molar-refractivity contribution in [3.63, 3.8) is 0 Å². The highest BCUT2D eigenvalue weighted by molar-refractivity contribution is 5.98. The van der Waals surface area contributed by atoms with E-state index in [2.05, 4.69) is 46.8 Å². The van der Waals surface area contributed by atoms with Crippen molar-refractivity contribution in [1.29, 1.82) is 0 Å². The quantitative estimate of drug-likeness (QED) is 0.519. The van der Waals surface area contributed by atoms with E-state index in [1.54, 1.807) is 0 Å². The van der Waals surface area contributed by atoms with Crippen molar-refractivity contribution in [1.82, 2.24) is 4.98 Å². The Morgan fingerprint density at radius 1 is 0.962 bits per heavy atom. The first-order valence-electron chi connectivity index (χ1n) is 9.51. The van der Waals surface area contributed by atoms with Crippen LogP contribution in [0.15, 0.2) is 22.6 Å². The molecule has 0 N–H and O–H groups in total. The van der Waals surface area contributed by atoms with Crippen LogP contribution < -0.4 is 4.74 Å². The number of rotatable bonds is 5. The molecule has 3 heteroatoms. The minimum absolute atomic E-state index is 0.209. The highest BCUT2D eigenvalue weighted by Crippen LogP contribution is 2.40. The topological polar surface area (TPSA) is 35.3 Å². The van der Waals surface area contributed by atoms with Gasteiger partial charge in [0.25, 0.3) is 0 Å². The Hall–Kier alpha value is -2.29. The van der Waals surface area contributed by atoms with Crippen molar-refractivity contribution in [3.8, 4) is 17.1 Å². The molecule has 3 rings (SSSR count). The number of aryl methyl sites for hydroxylation is 5. The van der Waals surface area contributed by atoms with E-state index in [-0.39, 0.29) is 6.10 Å². The van der Waals surface area contributed by atoms with E-state index in [0.29, 0.717) is 0 Å². The predicted molar refractivity (Wildman–Crippen MR) is 108 cm³/mol. The van der Waals surface area contributed by atoms with Crippen molar-refractivity contribution in [3.05, 3.63) is 46.3 Å². The van der Waals surface area contributed by atoms with Crippen LogP contribution in [0.1, 0.15) is 54.8 Å². The maximum atomic E-state index is 6.32. The van der Waals surface area contributed by atoms with Crippen LogP contribution >= 0.6 is 0 Å². The van der Waals surface area contributed by atoms with Crippen LogP contribution in [-0.4, -0.2) is 11.1 Å². The summed E-state index contributed by atoms with van der Waals surface area (Å²) in [5.41, 5.74) is 6.67. The Balaban J connectivity index is 2.26. The van der Waals surface area contributed by atoms with Crippen molar-refractivity contribution < 1.29 is 9.15 Å². The number of aromatic nitrogens is 1. The highest BCUT2D eigenvalue weighted by Gasteiger charge is 2.22. The Labute approximate surface area is 156 Å². The van der Waals surface area contributed by atoms with E-state index < -0.39 is 0 Å². The molecular weight excluding hydrogens is 322 g/mol. The highest BCUT2D eigenvalue weighted by atomic mass is 16.5. The molecule has 0 amide bonds. The molecule has 0 saturated heterocycles. The lowest BCUT2D eigenvalue weighted by Crippen LogP contribution is -2.14. The molecule has 0 unspecified atom stereocenters. The molecule has 0 aliphatic heterocycles. The van der Waals surface area contributed by atoms with Gasteiger partial charge in [-0.15, -0.1) is 0 Å². The molecule has 3 nitrogen and oxygen atoms in total. The molecule has 0 spiro atoms. The first-order valence-corrected chi connectivity index (χ1v) is 9.51. The van der Waals surface area contributed by atoms with Crippen molar-refractivity contribution >= 4 is 10.9 Å². The van der Waals surface area contributed by atoms with Gasteiger partial charge in [-0.2, -0.15) is 0 Å². The number of nitrogens with zero attached hydrogens (tertiary/aromatic N) is 1. The average Bonchev–Trinajstić information content (AvgIpc) is 2.88. The second-order valence-electron chi connectivity index (χ2n) is 7.30. The minimum Gasteiger partial charge on any atom is -0.490 e. The van der Waals surface area contributed by atoms with Crippen LogP contribution in [-0.2, 0) is 0 Å². The fraction of sp³-hybridized carbons (Fsp3) is 0.435. The Kier molecular flexibility index (Phi) is 5.08. The maximum absolute atomic E-state index is 6.32. The van der Waals surface area contributed by atoms with Gasteiger partial charge in [-0.25, -0.2) is 4.98 Å². The summed E-state index contributed by atoms with van der Waals surface area (Å²) in [6.07, 6.45) is 2.18. The molecule has 0 bridgehead atoms. The van der Waals surface area contributed by atoms with Crippen LogP contribution in [0.3, 0.4) is 0 Å². The lowest BCUT2D eigenvalue weighted by molar-refractivity contribution is 0.195. The fourth-order valence-electron chi connectivity index (χ4n) is 3.84. The molecular formula is C23H29NO2. The van der Waals surface area contributed by atoms with E-state index in [9.17, 15) is 0 Å². The lowest BCUT2D eigenvalue weighted by atomic mass is 9.97. The van der Waals surface area contributed by atoms with Gasteiger partial charge in [0, 0.05) is 17.3 Å². The number of benzene rings is 1. The van der Waals surface area contributed by atoms with Gasteiger partial charge in [0.15, 0.2) is 5.76 Å². The van der Waals surface area contributed by atoms with Gasteiger partial charge in [-0.3, -0.25) is 0 Å². The van der Waals surface area contributed by atoms with Gasteiger partial charge in [0.2, 0.25) is 0 Å². The number of hydrogen-bond acceptors (Lipinski definition) is 3. The third kappa shape index (κ3) is 3.23. The number of ether oxygens (including phenoxy) is 1. The summed E-state index contributed by atoms with van der Waals surface area (Å²) >= 11 is 0. The summed E-state index contributed by atoms with van der Waals surface area (Å²) in [6, 6.07) is 6.43. The third-order valence-electron chi connectivity index (χ3n) is 5.04. The molecule has 26 heavy (non-hydrogen) atoms. The van der Waals surface area contributed by atoms with Crippen LogP contribution in [0.4, 0.5) is 0 Å². The van der Waals surface area contributed by atoms with Gasteiger partial charge >= 0.3 is 0 Å². The summed E-state index contributed by atoms with van der Waals surface area (Å²) in [5, 5.41) is 0.997. The summed E-state index contributed by atoms with van der Waals surface area (Å²) in [5.74, 6) is 2.60. The number of fused-ring (bicyclic) bond motifs is 1. The third-order valence-corrected chi connectivity index (χ3v) is 5.04. The van der Waals surface area contributed by atoms with Crippen LogP contribution in [0, 0.1) is 34.6 Å². The molecule has 0 atom stereocenters. The largest absolute Gasteiger partial charge is 0.490 e. The zero-order chi connectivity index (χ0) is 19.0. The zero-order valence-electron chi connectivity index (χ0n) is 17.0. The Bertz CT molecular complexity index is 925. The van der Waals surface area contributed by atoms with Gasteiger partial charge in [-0.05, 0) is 58.6 Å². The van der Waals surface area contributed by atoms with Gasteiger partial charge in [-0.1, -0.05) is 31.5 Å². The molecule has 0 fully saturated rings. The maximum Gasteiger partial charge on any atom is 0.161 e. The van der Waals surface area contributed by atoms with Crippen molar-refractivity contribution in [2.45, 2.75) is 67.4 Å². The monoisotopic (exact) mass is 351 g/mol. The van der Waals surface area contributed by atoms with Gasteiger partial charge in [0.1, 0.15) is 17.0 Å². The van der Waals surface area contributed by atoms with E-state index in [0.717, 1.165) is 52.3 Å². The van der Waals surface area contributed by atoms with Crippen LogP contribution in [0.25, 0.3) is 22.2 Å². The summed E-state index contributed by atoms with van der Waals surface area (Å²) < 4.78 is 12.6. The second-order valence-corrected chi connectivity index (χ2v) is 7.30. The smallest absolute Gasteiger partial charge is 0.161 e. The average molecular weight is 351 g/mol. The number of hydrogen-bond donors (Lipinski definition) is 0. The predicted octanol–water partition coefficient (Wildman–Crippen LogP) is 6.60. The van der Waals surface area contributed by atoms with E-state index in [4.69, 9.17) is 14.1 Å². The lowest BCUT2D eigenvalue weighted by Gasteiger charge is -2.17. The first kappa shape index (κ1) is 18.5. The van der Waals surface area contributed by atoms with Gasteiger partial charge < -0.3 is 9.15 Å². The molecule has 0 aliphatic rings. The molecule has 2 heterocycles. The normalized spacial score (nSPS) is 11.5. The summed E-state index contributed by atoms with van der Waals surface area (Å²) in [7, 11) is 0. The molecule has 0 aliphatic carbocycles. The molecule has 3 aromatic rings. The molecule has 0 saturated carbocycles. The van der Waals surface area contributed by atoms with Crippen LogP contribution in [0.5, 0.6) is 5.75 Å². The molecule has 0 radical (unpaired) electrons. The van der Waals surface area contributed by atoms with Crippen LogP contribution in [0.2, 0.25) is 0 Å². The van der Waals surface area contributed by atoms with E-state index in [1.807, 2.05) is 19.9 Å². The molecule has 1 aromatic carbocycles. The van der Waals surface area contributed by atoms with Crippen molar-refractivity contribution in [2.75, 3.05) is 0 Å². The SMILES string of the molecule is CCC(CC)Oc1cc(C)nc2c(-c3c(C)cc(C)cc3C)oc(C)c12. The van der Waals surface area contributed by atoms with E-state index >= 15 is 0 Å². The van der Waals surface area contributed by atoms with E-state index in [1.165, 1.54) is 16.7 Å². The molecule has 138 valence electrons. The zero-order valence-corrected chi connectivity index (χ0v) is 17.0. The fourth-order valence-corrected chi connectivity index (χ4v) is 3.84. The Morgan fingerprint density at radius 2 is 1.58 bits per heavy atom. The minimum atomic E-state index is 0.209. The standard InChI is InChI=1S/C23H29NO2/c1-8-18(9-2)26-19-12-16(6)24-22-21(19)17(7)25-23(22)20-14(4)10-13(3)11-15(20)5/h10-12,18H,8-9H2,1-7H3. The van der Waals surface area contributed by atoms with Crippen molar-refractivity contribution in [2.24, 2.45) is 0 Å². The first-order chi connectivity index (χ1) is 12.3. The number of furan rings is 1.